The number of nitrogens with one attached hydrogen (secondary N) is 1. The summed E-state index contributed by atoms with van der Waals surface area (Å²) < 4.78 is 7.57. The molecule has 8 nitrogen and oxygen atoms in total. The Morgan fingerprint density at radius 2 is 1.97 bits per heavy atom. The zero-order valence-electron chi connectivity index (χ0n) is 18.4. The third-order valence-corrected chi connectivity index (χ3v) is 6.84. The van der Waals surface area contributed by atoms with E-state index in [4.69, 9.17) is 4.74 Å². The fourth-order valence-corrected chi connectivity index (χ4v) is 5.01. The molecule has 1 N–H and O–H groups in total. The molecule has 1 aromatic heterocycles. The Hall–Kier alpha value is -3.17. The van der Waals surface area contributed by atoms with Crippen LogP contribution in [0.2, 0.25) is 0 Å². The maximum atomic E-state index is 13.0. The van der Waals surface area contributed by atoms with Crippen molar-refractivity contribution in [3.63, 3.8) is 0 Å². The van der Waals surface area contributed by atoms with Crippen LogP contribution in [0.25, 0.3) is 5.69 Å². The Bertz CT molecular complexity index is 1200. The molecule has 2 aliphatic rings. The number of carbonyl (C=O) groups is 2. The van der Waals surface area contributed by atoms with Gasteiger partial charge in [-0.3, -0.25) is 14.2 Å². The molecule has 0 unspecified atom stereocenters. The SMILES string of the molecule is CCc1ccccc1-n1c(SCC(=O)c2ccc3c(c2)CC(=O)N3)nnc1N1CCOCC1. The predicted octanol–water partition coefficient (Wildman–Crippen LogP) is 3.14. The van der Waals surface area contributed by atoms with Crippen LogP contribution in [0.4, 0.5) is 11.6 Å². The highest BCUT2D eigenvalue weighted by Crippen LogP contribution is 2.30. The maximum absolute atomic E-state index is 13.0. The number of thioether (sulfide) groups is 1. The standard InChI is InChI=1S/C24H25N5O3S/c1-2-16-5-3-4-6-20(16)29-23(28-9-11-32-12-10-28)26-27-24(29)33-15-21(30)17-7-8-19-18(13-17)14-22(31)25-19/h3-8,13H,2,9-12,14-15H2,1H3,(H,25,31). The summed E-state index contributed by atoms with van der Waals surface area (Å²) in [6.07, 6.45) is 1.19. The number of para-hydroxylation sites is 1. The molecular formula is C24H25N5O3S. The molecule has 0 spiro atoms. The molecule has 1 saturated heterocycles. The lowest BCUT2D eigenvalue weighted by Gasteiger charge is -2.28. The summed E-state index contributed by atoms with van der Waals surface area (Å²) in [5.74, 6) is 0.961. The zero-order chi connectivity index (χ0) is 22.8. The summed E-state index contributed by atoms with van der Waals surface area (Å²) in [7, 11) is 0. The van der Waals surface area contributed by atoms with E-state index in [1.807, 2.05) is 18.2 Å². The highest BCUT2D eigenvalue weighted by atomic mass is 32.2. The number of ether oxygens (including phenoxy) is 1. The van der Waals surface area contributed by atoms with Gasteiger partial charge < -0.3 is 15.0 Å². The van der Waals surface area contributed by atoms with Crippen molar-refractivity contribution in [2.24, 2.45) is 0 Å². The van der Waals surface area contributed by atoms with Crippen molar-refractivity contribution in [2.75, 3.05) is 42.3 Å². The van der Waals surface area contributed by atoms with Gasteiger partial charge in [0.25, 0.3) is 0 Å². The van der Waals surface area contributed by atoms with Crippen LogP contribution in [-0.4, -0.2) is 58.5 Å². The van der Waals surface area contributed by atoms with Gasteiger partial charge in [0.15, 0.2) is 10.9 Å². The molecule has 0 bridgehead atoms. The first-order valence-electron chi connectivity index (χ1n) is 11.1. The van der Waals surface area contributed by atoms with Crippen molar-refractivity contribution >= 4 is 35.1 Å². The lowest BCUT2D eigenvalue weighted by atomic mass is 10.1. The molecule has 0 saturated carbocycles. The van der Waals surface area contributed by atoms with E-state index in [9.17, 15) is 9.59 Å². The highest BCUT2D eigenvalue weighted by molar-refractivity contribution is 7.99. The zero-order valence-corrected chi connectivity index (χ0v) is 19.2. The fraction of sp³-hybridized carbons (Fsp3) is 0.333. The third kappa shape index (κ3) is 4.38. The summed E-state index contributed by atoms with van der Waals surface area (Å²) in [5.41, 5.74) is 4.48. The normalized spacial score (nSPS) is 15.4. The van der Waals surface area contributed by atoms with Gasteiger partial charge in [-0.2, -0.15) is 0 Å². The first kappa shape index (κ1) is 21.7. The Balaban J connectivity index is 1.42. The van der Waals surface area contributed by atoms with E-state index in [2.05, 4.69) is 44.0 Å². The van der Waals surface area contributed by atoms with Gasteiger partial charge in [0.05, 0.1) is 31.1 Å². The number of hydrogen-bond donors (Lipinski definition) is 1. The lowest BCUT2D eigenvalue weighted by Crippen LogP contribution is -2.38. The third-order valence-electron chi connectivity index (χ3n) is 5.91. The Morgan fingerprint density at radius 3 is 2.79 bits per heavy atom. The number of hydrogen-bond acceptors (Lipinski definition) is 7. The highest BCUT2D eigenvalue weighted by Gasteiger charge is 2.24. The molecule has 0 aliphatic carbocycles. The number of benzene rings is 2. The molecule has 5 rings (SSSR count). The van der Waals surface area contributed by atoms with Crippen LogP contribution >= 0.6 is 11.8 Å². The number of rotatable bonds is 7. The van der Waals surface area contributed by atoms with Gasteiger partial charge in [0.1, 0.15) is 0 Å². The molecule has 3 heterocycles. The first-order valence-corrected chi connectivity index (χ1v) is 12.1. The number of anilines is 2. The molecule has 1 amide bonds. The van der Waals surface area contributed by atoms with Gasteiger partial charge in [0, 0.05) is 24.3 Å². The molecule has 170 valence electrons. The van der Waals surface area contributed by atoms with Crippen molar-refractivity contribution in [3.8, 4) is 5.69 Å². The second-order valence-electron chi connectivity index (χ2n) is 8.01. The van der Waals surface area contributed by atoms with Crippen molar-refractivity contribution in [3.05, 3.63) is 59.2 Å². The van der Waals surface area contributed by atoms with Crippen molar-refractivity contribution < 1.29 is 14.3 Å². The number of nitrogens with zero attached hydrogens (tertiary/aromatic N) is 4. The van der Waals surface area contributed by atoms with Gasteiger partial charge >= 0.3 is 0 Å². The van der Waals surface area contributed by atoms with Crippen LogP contribution < -0.4 is 10.2 Å². The van der Waals surface area contributed by atoms with Crippen LogP contribution in [0.5, 0.6) is 0 Å². The van der Waals surface area contributed by atoms with E-state index in [0.29, 0.717) is 30.4 Å². The van der Waals surface area contributed by atoms with Crippen LogP contribution in [0.3, 0.4) is 0 Å². The summed E-state index contributed by atoms with van der Waals surface area (Å²) >= 11 is 1.38. The number of morpholine rings is 1. The number of Topliss-reactive ketones (excluding diaryl/α,β-unsaturated/α-hetero) is 1. The monoisotopic (exact) mass is 463 g/mol. The van der Waals surface area contributed by atoms with E-state index in [1.54, 1.807) is 12.1 Å². The number of aromatic nitrogens is 3. The number of aryl methyl sites for hydroxylation is 1. The predicted molar refractivity (Wildman–Crippen MR) is 128 cm³/mol. The van der Waals surface area contributed by atoms with Crippen LogP contribution in [-0.2, 0) is 22.4 Å². The molecular weight excluding hydrogens is 438 g/mol. The van der Waals surface area contributed by atoms with Gasteiger partial charge in [-0.15, -0.1) is 10.2 Å². The fourth-order valence-electron chi connectivity index (χ4n) is 4.18. The van der Waals surface area contributed by atoms with E-state index in [0.717, 1.165) is 42.4 Å². The number of carbonyl (C=O) groups excluding carboxylic acids is 2. The van der Waals surface area contributed by atoms with E-state index in [1.165, 1.54) is 17.3 Å². The van der Waals surface area contributed by atoms with Crippen LogP contribution in [0, 0.1) is 0 Å². The lowest BCUT2D eigenvalue weighted by molar-refractivity contribution is -0.115. The van der Waals surface area contributed by atoms with Crippen molar-refractivity contribution in [2.45, 2.75) is 24.9 Å². The molecule has 2 aliphatic heterocycles. The molecule has 33 heavy (non-hydrogen) atoms. The minimum absolute atomic E-state index is 0.00611. The topological polar surface area (TPSA) is 89.3 Å². The van der Waals surface area contributed by atoms with Gasteiger partial charge in [-0.25, -0.2) is 0 Å². The average Bonchev–Trinajstić information content (AvgIpc) is 3.44. The van der Waals surface area contributed by atoms with E-state index in [-0.39, 0.29) is 17.4 Å². The van der Waals surface area contributed by atoms with Crippen LogP contribution in [0.1, 0.15) is 28.4 Å². The summed E-state index contributed by atoms with van der Waals surface area (Å²) in [6, 6.07) is 13.6. The quantitative estimate of drug-likeness (QED) is 0.425. The minimum atomic E-state index is -0.0395. The first-order chi connectivity index (χ1) is 16.1. The molecule has 9 heteroatoms. The molecule has 0 radical (unpaired) electrons. The van der Waals surface area contributed by atoms with E-state index < -0.39 is 0 Å². The molecule has 0 atom stereocenters. The molecule has 1 fully saturated rings. The Kier molecular flexibility index (Phi) is 6.15. The summed E-state index contributed by atoms with van der Waals surface area (Å²) in [5, 5.41) is 12.5. The summed E-state index contributed by atoms with van der Waals surface area (Å²) in [4.78, 5) is 26.8. The number of ketones is 1. The molecule has 2 aromatic carbocycles. The smallest absolute Gasteiger partial charge is 0.232 e. The second-order valence-corrected chi connectivity index (χ2v) is 8.95. The molecule has 3 aromatic rings. The number of amides is 1. The average molecular weight is 464 g/mol. The minimum Gasteiger partial charge on any atom is -0.378 e. The van der Waals surface area contributed by atoms with Crippen molar-refractivity contribution in [1.29, 1.82) is 0 Å². The maximum Gasteiger partial charge on any atom is 0.232 e. The van der Waals surface area contributed by atoms with Crippen LogP contribution in [0.15, 0.2) is 47.6 Å². The van der Waals surface area contributed by atoms with Gasteiger partial charge in [-0.05, 0) is 41.8 Å². The van der Waals surface area contributed by atoms with E-state index >= 15 is 0 Å². The number of fused-ring (bicyclic) bond motifs is 1. The van der Waals surface area contributed by atoms with Crippen molar-refractivity contribution in [1.82, 2.24) is 14.8 Å². The van der Waals surface area contributed by atoms with Gasteiger partial charge in [0.2, 0.25) is 11.9 Å². The Morgan fingerprint density at radius 1 is 1.15 bits per heavy atom. The largest absolute Gasteiger partial charge is 0.378 e. The summed E-state index contributed by atoms with van der Waals surface area (Å²) in [6.45, 7) is 4.93. The van der Waals surface area contributed by atoms with Gasteiger partial charge in [-0.1, -0.05) is 36.9 Å². The Labute approximate surface area is 196 Å². The second kappa shape index (κ2) is 9.36.